The van der Waals surface area contributed by atoms with Crippen molar-refractivity contribution in [3.05, 3.63) is 97.2 Å². The lowest BCUT2D eigenvalue weighted by Gasteiger charge is -2.24. The predicted octanol–water partition coefficient (Wildman–Crippen LogP) is 19.2. The second-order valence-electron chi connectivity index (χ2n) is 21.4. The Bertz CT molecular complexity index is 1590. The van der Waals surface area contributed by atoms with E-state index in [0.717, 1.165) is 96.3 Å². The largest absolute Gasteiger partial charge is 0.472 e. The normalized spacial score (nSPS) is 13.9. The van der Waals surface area contributed by atoms with E-state index in [-0.39, 0.29) is 32.0 Å². The highest BCUT2D eigenvalue weighted by Gasteiger charge is 2.27. The summed E-state index contributed by atoms with van der Waals surface area (Å²) in [6, 6.07) is 0. The van der Waals surface area contributed by atoms with Crippen LogP contribution in [0.5, 0.6) is 0 Å². The molecule has 0 rings (SSSR count). The Morgan fingerprint density at radius 3 is 1.13 bits per heavy atom. The zero-order chi connectivity index (χ0) is 54.9. The Balaban J connectivity index is 4.11. The summed E-state index contributed by atoms with van der Waals surface area (Å²) in [6.45, 7) is 4.30. The number of carbonyl (C=O) groups excluding carboxylic acids is 2. The number of quaternary nitrogens is 1. The van der Waals surface area contributed by atoms with Crippen LogP contribution in [0.25, 0.3) is 0 Å². The highest BCUT2D eigenvalue weighted by Crippen LogP contribution is 2.43. The van der Waals surface area contributed by atoms with Crippen molar-refractivity contribution in [3.63, 3.8) is 0 Å². The van der Waals surface area contributed by atoms with E-state index in [9.17, 15) is 19.0 Å². The molecule has 0 aromatic heterocycles. The van der Waals surface area contributed by atoms with Crippen LogP contribution in [0.2, 0.25) is 0 Å². The number of phosphoric acid groups is 1. The maximum Gasteiger partial charge on any atom is 0.472 e. The molecule has 9 nitrogen and oxygen atoms in total. The summed E-state index contributed by atoms with van der Waals surface area (Å²) in [4.78, 5) is 35.7. The third-order valence-corrected chi connectivity index (χ3v) is 13.8. The summed E-state index contributed by atoms with van der Waals surface area (Å²) in [5.41, 5.74) is 0. The van der Waals surface area contributed by atoms with Gasteiger partial charge in [0.15, 0.2) is 6.10 Å². The number of carbonyl (C=O) groups is 2. The van der Waals surface area contributed by atoms with Crippen molar-refractivity contribution in [2.75, 3.05) is 47.5 Å². The fraction of sp³-hybridized carbons (Fsp3) is 0.723. The van der Waals surface area contributed by atoms with E-state index in [1.165, 1.54) is 122 Å². The summed E-state index contributed by atoms with van der Waals surface area (Å²) in [6.07, 6.45) is 76.2. The van der Waals surface area contributed by atoms with E-state index in [1.807, 2.05) is 21.1 Å². The standard InChI is InChI=1S/C65H114NO8P/c1-6-8-10-12-14-16-18-20-22-24-26-27-28-29-30-31-32-33-34-35-36-37-38-39-40-42-44-46-48-50-52-54-56-58-65(68)74-63(62-73-75(69,70)72-60-59-66(3,4)5)61-71-64(67)57-55-53-51-49-47-45-43-41-25-23-21-19-17-15-13-11-9-7-2/h8,10,14,16-17,19-20,22-23,25-27,29-30,32-33,63H,6-7,9,11-13,15,18,21,24,28,31,34-62H2,1-5H3/p+1/b10-8-,16-14-,19-17-,22-20-,25-23-,27-26-,30-29-,33-32-. The van der Waals surface area contributed by atoms with Gasteiger partial charge in [-0.3, -0.25) is 18.6 Å². The molecule has 0 aliphatic rings. The van der Waals surface area contributed by atoms with Gasteiger partial charge in [0.2, 0.25) is 0 Å². The van der Waals surface area contributed by atoms with Crippen LogP contribution in [0.1, 0.15) is 251 Å². The van der Waals surface area contributed by atoms with E-state index in [1.54, 1.807) is 0 Å². The molecule has 0 aliphatic carbocycles. The monoisotopic (exact) mass is 1070 g/mol. The van der Waals surface area contributed by atoms with Gasteiger partial charge in [-0.25, -0.2) is 4.57 Å². The summed E-state index contributed by atoms with van der Waals surface area (Å²) in [5, 5.41) is 0. The van der Waals surface area contributed by atoms with Crippen molar-refractivity contribution in [1.82, 2.24) is 0 Å². The molecule has 75 heavy (non-hydrogen) atoms. The quantitative estimate of drug-likeness (QED) is 0.0211. The van der Waals surface area contributed by atoms with Crippen LogP contribution < -0.4 is 0 Å². The molecule has 10 heteroatoms. The SMILES string of the molecule is CC/C=C\C/C=C\C/C=C\C/C=C\C/C=C\C/C=C\CCCCCCCCCCCCCCCCC(=O)OC(COC(=O)CCCCCCCCC/C=C\C/C=C\CCCCCC)COP(=O)(O)OCC[N+](C)(C)C. The Morgan fingerprint density at radius 1 is 0.427 bits per heavy atom. The number of phosphoric ester groups is 1. The number of unbranched alkanes of at least 4 members (excludes halogenated alkanes) is 25. The lowest BCUT2D eigenvalue weighted by molar-refractivity contribution is -0.870. The van der Waals surface area contributed by atoms with Crippen LogP contribution in [0.15, 0.2) is 97.2 Å². The van der Waals surface area contributed by atoms with Crippen molar-refractivity contribution in [2.45, 2.75) is 258 Å². The zero-order valence-corrected chi connectivity index (χ0v) is 49.9. The smallest absolute Gasteiger partial charge is 0.462 e. The number of rotatable bonds is 55. The molecule has 432 valence electrons. The fourth-order valence-electron chi connectivity index (χ4n) is 8.17. The number of hydrogen-bond donors (Lipinski definition) is 1. The third kappa shape index (κ3) is 60.0. The second-order valence-corrected chi connectivity index (χ2v) is 22.8. The van der Waals surface area contributed by atoms with Crippen LogP contribution in [-0.2, 0) is 32.7 Å². The summed E-state index contributed by atoms with van der Waals surface area (Å²) in [7, 11) is 1.47. The molecule has 0 heterocycles. The highest BCUT2D eigenvalue weighted by molar-refractivity contribution is 7.47. The first-order valence-electron chi connectivity index (χ1n) is 30.5. The number of nitrogens with zero attached hydrogens (tertiary/aromatic N) is 1. The predicted molar refractivity (Wildman–Crippen MR) is 321 cm³/mol. The molecule has 0 spiro atoms. The van der Waals surface area contributed by atoms with Crippen molar-refractivity contribution in [2.24, 2.45) is 0 Å². The van der Waals surface area contributed by atoms with Gasteiger partial charge in [-0.1, -0.05) is 239 Å². The minimum atomic E-state index is -4.39. The van der Waals surface area contributed by atoms with Crippen molar-refractivity contribution in [1.29, 1.82) is 0 Å². The number of hydrogen-bond acceptors (Lipinski definition) is 7. The molecule has 0 amide bonds. The van der Waals surface area contributed by atoms with Crippen molar-refractivity contribution in [3.8, 4) is 0 Å². The summed E-state index contributed by atoms with van der Waals surface area (Å²) in [5.74, 6) is -0.806. The molecule has 2 atom stereocenters. The third-order valence-electron chi connectivity index (χ3n) is 12.8. The minimum absolute atomic E-state index is 0.0270. The van der Waals surface area contributed by atoms with E-state index in [4.69, 9.17) is 18.5 Å². The average molecular weight is 1070 g/mol. The van der Waals surface area contributed by atoms with E-state index >= 15 is 0 Å². The molecule has 0 saturated heterocycles. The molecule has 0 fully saturated rings. The zero-order valence-electron chi connectivity index (χ0n) is 49.0. The topological polar surface area (TPSA) is 108 Å². The van der Waals surface area contributed by atoms with Crippen LogP contribution in [0, 0.1) is 0 Å². The van der Waals surface area contributed by atoms with Gasteiger partial charge in [0.25, 0.3) is 0 Å². The van der Waals surface area contributed by atoms with Gasteiger partial charge in [0.05, 0.1) is 27.7 Å². The first-order chi connectivity index (χ1) is 36.5. The Kier molecular flexibility index (Phi) is 53.4. The van der Waals surface area contributed by atoms with E-state index in [0.29, 0.717) is 17.4 Å². The molecule has 0 bridgehead atoms. The molecular formula is C65H115NO8P+. The lowest BCUT2D eigenvalue weighted by Crippen LogP contribution is -2.37. The fourth-order valence-corrected chi connectivity index (χ4v) is 8.91. The number of esters is 2. The summed E-state index contributed by atoms with van der Waals surface area (Å²) >= 11 is 0. The maximum atomic E-state index is 12.8. The lowest BCUT2D eigenvalue weighted by atomic mass is 10.0. The Hall–Kier alpha value is -3.07. The molecule has 0 saturated carbocycles. The molecule has 0 radical (unpaired) electrons. The van der Waals surface area contributed by atoms with Gasteiger partial charge < -0.3 is 18.9 Å². The first-order valence-corrected chi connectivity index (χ1v) is 32.0. The van der Waals surface area contributed by atoms with Crippen LogP contribution in [-0.4, -0.2) is 74.9 Å². The highest BCUT2D eigenvalue weighted by atomic mass is 31.2. The van der Waals surface area contributed by atoms with E-state index < -0.39 is 26.5 Å². The molecule has 1 N–H and O–H groups in total. The van der Waals surface area contributed by atoms with Gasteiger partial charge in [-0.2, -0.15) is 0 Å². The number of allylic oxidation sites excluding steroid dienone is 16. The van der Waals surface area contributed by atoms with Gasteiger partial charge in [0, 0.05) is 12.8 Å². The molecule has 0 aliphatic heterocycles. The average Bonchev–Trinajstić information content (AvgIpc) is 3.37. The minimum Gasteiger partial charge on any atom is -0.462 e. The molecule has 0 aromatic rings. The second kappa shape index (κ2) is 55.7. The maximum absolute atomic E-state index is 12.8. The molecule has 2 unspecified atom stereocenters. The van der Waals surface area contributed by atoms with Gasteiger partial charge in [0.1, 0.15) is 19.8 Å². The van der Waals surface area contributed by atoms with Crippen LogP contribution >= 0.6 is 7.82 Å². The Labute approximate surface area is 462 Å². The van der Waals surface area contributed by atoms with Gasteiger partial charge in [-0.15, -0.1) is 0 Å². The number of likely N-dealkylation sites (N-methyl/N-ethyl adjacent to an activating group) is 1. The van der Waals surface area contributed by atoms with Crippen molar-refractivity contribution < 1.29 is 42.1 Å². The molecule has 0 aromatic carbocycles. The van der Waals surface area contributed by atoms with Gasteiger partial charge in [-0.05, 0) is 96.3 Å². The van der Waals surface area contributed by atoms with Gasteiger partial charge >= 0.3 is 19.8 Å². The Morgan fingerprint density at radius 2 is 0.760 bits per heavy atom. The first kappa shape index (κ1) is 71.9. The number of ether oxygens (including phenoxy) is 2. The van der Waals surface area contributed by atoms with E-state index in [2.05, 4.69) is 111 Å². The molecular weight excluding hydrogens is 954 g/mol. The van der Waals surface area contributed by atoms with Crippen LogP contribution in [0.4, 0.5) is 0 Å². The van der Waals surface area contributed by atoms with Crippen LogP contribution in [0.3, 0.4) is 0 Å². The van der Waals surface area contributed by atoms with Crippen molar-refractivity contribution >= 4 is 19.8 Å². The summed E-state index contributed by atoms with van der Waals surface area (Å²) < 4.78 is 34.6.